The van der Waals surface area contributed by atoms with E-state index in [1.807, 2.05) is 97.1 Å². The summed E-state index contributed by atoms with van der Waals surface area (Å²) in [5, 5.41) is 9.58. The highest BCUT2D eigenvalue weighted by molar-refractivity contribution is 5.27. The van der Waals surface area contributed by atoms with Gasteiger partial charge in [0.15, 0.2) is 0 Å². The van der Waals surface area contributed by atoms with Gasteiger partial charge in [0.2, 0.25) is 0 Å². The Morgan fingerprint density at radius 2 is 0.825 bits per heavy atom. The molecular weight excluding hydrogens is 713 g/mol. The average Bonchev–Trinajstić information content (AvgIpc) is 3.86. The fourth-order valence-electron chi connectivity index (χ4n) is 7.11. The maximum absolute atomic E-state index is 9.58. The van der Waals surface area contributed by atoms with Gasteiger partial charge in [0.25, 0.3) is 0 Å². The molecule has 0 saturated carbocycles. The Balaban J connectivity index is 0.000000203. The topological polar surface area (TPSA) is 75.6 Å². The average molecular weight is 769 g/mol. The summed E-state index contributed by atoms with van der Waals surface area (Å²) < 4.78 is 35.7. The molecule has 0 amide bonds. The maximum Gasteiger partial charge on any atom is 0.118 e. The Hall–Kier alpha value is -4.86. The molecule has 7 rings (SSSR count). The predicted molar refractivity (Wildman–Crippen MR) is 224 cm³/mol. The molecule has 4 atom stereocenters. The van der Waals surface area contributed by atoms with E-state index in [9.17, 15) is 5.11 Å². The highest BCUT2D eigenvalue weighted by Crippen LogP contribution is 2.32. The third-order valence-corrected chi connectivity index (χ3v) is 10.4. The molecule has 0 heterocycles. The third kappa shape index (κ3) is 13.6. The van der Waals surface area contributed by atoms with Gasteiger partial charge in [-0.2, -0.15) is 0 Å². The highest BCUT2D eigenvalue weighted by Gasteiger charge is 2.32. The lowest BCUT2D eigenvalue weighted by Gasteiger charge is -2.24. The summed E-state index contributed by atoms with van der Waals surface area (Å²) in [5.74, 6) is 1.17. The molecule has 0 aliphatic heterocycles. The lowest BCUT2D eigenvalue weighted by Crippen LogP contribution is -2.26. The normalized spacial score (nSPS) is 18.7. The second-order valence-electron chi connectivity index (χ2n) is 14.4. The van der Waals surface area contributed by atoms with Gasteiger partial charge in [-0.25, -0.2) is 0 Å². The zero-order valence-corrected chi connectivity index (χ0v) is 33.0. The number of ether oxygens (including phenoxy) is 6. The van der Waals surface area contributed by atoms with Crippen LogP contribution in [0.15, 0.2) is 169 Å². The van der Waals surface area contributed by atoms with Crippen LogP contribution in [0, 0.1) is 11.8 Å². The first-order valence-electron chi connectivity index (χ1n) is 19.9. The van der Waals surface area contributed by atoms with Crippen molar-refractivity contribution in [3.63, 3.8) is 0 Å². The van der Waals surface area contributed by atoms with Crippen LogP contribution in [0.5, 0.6) is 5.75 Å². The van der Waals surface area contributed by atoms with Crippen molar-refractivity contribution in [1.29, 1.82) is 0 Å². The minimum atomic E-state index is 0.0723. The van der Waals surface area contributed by atoms with Gasteiger partial charge in [0, 0.05) is 11.8 Å². The Bertz CT molecular complexity index is 1900. The number of rotatable bonds is 20. The minimum Gasteiger partial charge on any atom is -0.497 e. The third-order valence-electron chi connectivity index (χ3n) is 10.4. The van der Waals surface area contributed by atoms with Crippen LogP contribution in [0.2, 0.25) is 0 Å². The molecule has 7 heteroatoms. The predicted octanol–water partition coefficient (Wildman–Crippen LogP) is 9.69. The van der Waals surface area contributed by atoms with Gasteiger partial charge in [-0.3, -0.25) is 0 Å². The van der Waals surface area contributed by atoms with Crippen LogP contribution in [-0.4, -0.2) is 50.9 Å². The Labute approximate surface area is 338 Å². The Morgan fingerprint density at radius 1 is 0.439 bits per heavy atom. The summed E-state index contributed by atoms with van der Waals surface area (Å²) in [4.78, 5) is 0. The number of hydrogen-bond acceptors (Lipinski definition) is 7. The van der Waals surface area contributed by atoms with Crippen LogP contribution in [-0.2, 0) is 56.7 Å². The molecule has 0 fully saturated rings. The van der Waals surface area contributed by atoms with Crippen molar-refractivity contribution in [2.75, 3.05) is 33.5 Å². The molecule has 298 valence electrons. The van der Waals surface area contributed by atoms with Crippen molar-refractivity contribution in [3.8, 4) is 5.75 Å². The molecule has 0 bridgehead atoms. The standard InChI is InChI=1S/C29H32O4.C21H24O3/c1-30-27-15-12-25(13-16-27)19-31-21-26-14-17-29(33-20-24-10-6-3-7-11-24)28(26)22-32-18-23-8-4-2-5-9-23;22-13-19-11-12-21(24-15-18-9-5-2-6-10-18)20(19)16-23-14-17-7-3-1-4-8-17/h2-16,28-29H,17-22H2,1H3;1-11,20-22H,12-16H2/t28-,29?;20-,21?/m00/s1. The largest absolute Gasteiger partial charge is 0.497 e. The van der Waals surface area contributed by atoms with E-state index in [2.05, 4.69) is 60.7 Å². The number of methoxy groups -OCH3 is 1. The fourth-order valence-corrected chi connectivity index (χ4v) is 7.11. The van der Waals surface area contributed by atoms with E-state index in [0.717, 1.165) is 35.3 Å². The van der Waals surface area contributed by atoms with Gasteiger partial charge in [-0.05, 0) is 63.9 Å². The molecule has 0 radical (unpaired) electrons. The first-order valence-corrected chi connectivity index (χ1v) is 19.9. The molecule has 0 spiro atoms. The van der Waals surface area contributed by atoms with Crippen molar-refractivity contribution >= 4 is 0 Å². The maximum atomic E-state index is 9.58. The SMILES string of the molecule is COc1ccc(COCC2=CCC(OCc3ccccc3)[C@H]2COCc2ccccc2)cc1.OCC1=CCC(OCc2ccccc2)[C@H]1COCc1ccccc1. The molecule has 0 saturated heterocycles. The van der Waals surface area contributed by atoms with Crippen LogP contribution in [0.3, 0.4) is 0 Å². The monoisotopic (exact) mass is 768 g/mol. The van der Waals surface area contributed by atoms with E-state index in [1.54, 1.807) is 7.11 Å². The van der Waals surface area contributed by atoms with Crippen molar-refractivity contribution < 1.29 is 33.5 Å². The van der Waals surface area contributed by atoms with E-state index in [4.69, 9.17) is 28.4 Å². The summed E-state index contributed by atoms with van der Waals surface area (Å²) >= 11 is 0. The van der Waals surface area contributed by atoms with E-state index >= 15 is 0 Å². The molecule has 57 heavy (non-hydrogen) atoms. The molecular formula is C50H56O7. The van der Waals surface area contributed by atoms with Gasteiger partial charge in [-0.1, -0.05) is 146 Å². The van der Waals surface area contributed by atoms with Crippen LogP contribution >= 0.6 is 0 Å². The smallest absolute Gasteiger partial charge is 0.118 e. The molecule has 2 aliphatic carbocycles. The summed E-state index contributed by atoms with van der Waals surface area (Å²) in [5.41, 5.74) is 8.11. The van der Waals surface area contributed by atoms with Crippen molar-refractivity contribution in [3.05, 3.63) is 197 Å². The molecule has 5 aromatic carbocycles. The number of benzene rings is 5. The van der Waals surface area contributed by atoms with E-state index in [0.29, 0.717) is 52.9 Å². The molecule has 5 aromatic rings. The van der Waals surface area contributed by atoms with E-state index in [1.165, 1.54) is 22.3 Å². The van der Waals surface area contributed by atoms with Crippen LogP contribution in [0.1, 0.15) is 40.7 Å². The van der Waals surface area contributed by atoms with Crippen molar-refractivity contribution in [2.24, 2.45) is 11.8 Å². The minimum absolute atomic E-state index is 0.0723. The number of aliphatic hydroxyl groups is 1. The van der Waals surface area contributed by atoms with Gasteiger partial charge in [0.05, 0.1) is 78.8 Å². The van der Waals surface area contributed by atoms with Crippen LogP contribution in [0.4, 0.5) is 0 Å². The van der Waals surface area contributed by atoms with E-state index in [-0.39, 0.29) is 30.7 Å². The van der Waals surface area contributed by atoms with Gasteiger partial charge < -0.3 is 33.5 Å². The lowest BCUT2D eigenvalue weighted by molar-refractivity contribution is -0.0174. The second kappa shape index (κ2) is 23.4. The summed E-state index contributed by atoms with van der Waals surface area (Å²) in [6.07, 6.45) is 6.24. The van der Waals surface area contributed by atoms with Gasteiger partial charge >= 0.3 is 0 Å². The van der Waals surface area contributed by atoms with Crippen molar-refractivity contribution in [2.45, 2.75) is 58.1 Å². The second-order valence-corrected chi connectivity index (χ2v) is 14.4. The van der Waals surface area contributed by atoms with Crippen molar-refractivity contribution in [1.82, 2.24) is 0 Å². The first kappa shape index (κ1) is 41.8. The Morgan fingerprint density at radius 3 is 1.26 bits per heavy atom. The number of aliphatic hydroxyl groups excluding tert-OH is 1. The summed E-state index contributed by atoms with van der Waals surface area (Å²) in [6, 6.07) is 48.9. The fraction of sp³-hybridized carbons (Fsp3) is 0.320. The molecule has 2 unspecified atom stereocenters. The summed E-state index contributed by atoms with van der Waals surface area (Å²) in [6.45, 7) is 4.79. The van der Waals surface area contributed by atoms with Crippen LogP contribution < -0.4 is 4.74 Å². The number of hydrogen-bond donors (Lipinski definition) is 1. The Kier molecular flexibility index (Phi) is 17.1. The first-order chi connectivity index (χ1) is 28.2. The zero-order valence-electron chi connectivity index (χ0n) is 33.0. The zero-order chi connectivity index (χ0) is 39.3. The van der Waals surface area contributed by atoms with Gasteiger partial charge in [0.1, 0.15) is 5.75 Å². The van der Waals surface area contributed by atoms with Crippen LogP contribution in [0.25, 0.3) is 0 Å². The molecule has 0 aromatic heterocycles. The quantitative estimate of drug-likeness (QED) is 0.0791. The lowest BCUT2D eigenvalue weighted by atomic mass is 10.0. The molecule has 7 nitrogen and oxygen atoms in total. The molecule has 1 N–H and O–H groups in total. The molecule has 2 aliphatic rings. The van der Waals surface area contributed by atoms with Gasteiger partial charge in [-0.15, -0.1) is 0 Å². The summed E-state index contributed by atoms with van der Waals surface area (Å²) in [7, 11) is 1.67. The van der Waals surface area contributed by atoms with E-state index < -0.39 is 0 Å². The highest BCUT2D eigenvalue weighted by atomic mass is 16.5.